The fraction of sp³-hybridized carbons (Fsp3) is 0.500. The Hall–Kier alpha value is -0.630. The van der Waals surface area contributed by atoms with E-state index in [1.165, 1.54) is 0 Å². The molecule has 0 aliphatic heterocycles. The quantitative estimate of drug-likeness (QED) is 0.751. The molecule has 0 radical (unpaired) electrons. The molecule has 1 aromatic carbocycles. The Balaban J connectivity index is 2.86. The summed E-state index contributed by atoms with van der Waals surface area (Å²) in [6.07, 6.45) is 1.62. The van der Waals surface area contributed by atoms with Crippen LogP contribution in [-0.4, -0.2) is 17.2 Å². The Morgan fingerprint density at radius 1 is 1.31 bits per heavy atom. The molecule has 0 amide bonds. The van der Waals surface area contributed by atoms with E-state index in [2.05, 4.69) is 5.32 Å². The highest BCUT2D eigenvalue weighted by molar-refractivity contribution is 7.66. The first-order chi connectivity index (χ1) is 7.62. The van der Waals surface area contributed by atoms with Gasteiger partial charge in [0.2, 0.25) is 7.37 Å². The maximum Gasteiger partial charge on any atom is 0.245 e. The summed E-state index contributed by atoms with van der Waals surface area (Å²) in [6.45, 7) is 4.75. The van der Waals surface area contributed by atoms with Gasteiger partial charge in [-0.05, 0) is 31.5 Å². The molecule has 0 fully saturated rings. The molecule has 3 nitrogen and oxygen atoms in total. The van der Waals surface area contributed by atoms with E-state index >= 15 is 0 Å². The molecular weight excluding hydrogens is 221 g/mol. The first-order valence-electron chi connectivity index (χ1n) is 5.74. The van der Waals surface area contributed by atoms with Crippen LogP contribution < -0.4 is 10.6 Å². The van der Waals surface area contributed by atoms with Gasteiger partial charge in [0.15, 0.2) is 0 Å². The number of hydrogen-bond donors (Lipinski definition) is 2. The van der Waals surface area contributed by atoms with Crippen molar-refractivity contribution in [1.82, 2.24) is 5.32 Å². The molecule has 0 aliphatic rings. The van der Waals surface area contributed by atoms with Gasteiger partial charge in [-0.1, -0.05) is 32.0 Å². The first-order valence-corrected chi connectivity index (χ1v) is 7.47. The molecule has 1 rings (SSSR count). The Morgan fingerprint density at radius 3 is 2.44 bits per heavy atom. The van der Waals surface area contributed by atoms with Crippen molar-refractivity contribution in [2.45, 2.75) is 32.5 Å². The minimum atomic E-state index is -3.30. The zero-order chi connectivity index (χ0) is 12.0. The average Bonchev–Trinajstić information content (AvgIpc) is 2.31. The van der Waals surface area contributed by atoms with Crippen LogP contribution >= 0.6 is 7.37 Å². The van der Waals surface area contributed by atoms with Crippen molar-refractivity contribution in [3.63, 3.8) is 0 Å². The predicted molar refractivity (Wildman–Crippen MR) is 68.3 cm³/mol. The number of hydrogen-bond acceptors (Lipinski definition) is 2. The molecule has 2 atom stereocenters. The highest BCUT2D eigenvalue weighted by Crippen LogP contribution is 2.44. The van der Waals surface area contributed by atoms with E-state index in [-0.39, 0.29) is 5.78 Å². The molecule has 0 spiro atoms. The SMILES string of the molecule is CCCNC(CC)P(=O)(O)c1ccccc1. The van der Waals surface area contributed by atoms with Crippen molar-refractivity contribution in [3.05, 3.63) is 30.3 Å². The first kappa shape index (κ1) is 13.4. The summed E-state index contributed by atoms with van der Waals surface area (Å²) in [5.41, 5.74) is 0. The zero-order valence-corrected chi connectivity index (χ0v) is 10.8. The van der Waals surface area contributed by atoms with Gasteiger partial charge in [-0.25, -0.2) is 0 Å². The van der Waals surface area contributed by atoms with Crippen LogP contribution in [0.3, 0.4) is 0 Å². The van der Waals surface area contributed by atoms with E-state index in [4.69, 9.17) is 0 Å². The third-order valence-corrected chi connectivity index (χ3v) is 5.00. The van der Waals surface area contributed by atoms with Crippen molar-refractivity contribution in [2.75, 3.05) is 6.54 Å². The smallest absolute Gasteiger partial charge is 0.245 e. The van der Waals surface area contributed by atoms with E-state index < -0.39 is 7.37 Å². The van der Waals surface area contributed by atoms with Crippen LogP contribution in [0.15, 0.2) is 30.3 Å². The van der Waals surface area contributed by atoms with Crippen molar-refractivity contribution in [1.29, 1.82) is 0 Å². The largest absolute Gasteiger partial charge is 0.340 e. The highest BCUT2D eigenvalue weighted by atomic mass is 31.2. The molecule has 4 heteroatoms. The lowest BCUT2D eigenvalue weighted by Gasteiger charge is -2.23. The second-order valence-corrected chi connectivity index (χ2v) is 6.22. The van der Waals surface area contributed by atoms with Crippen LogP contribution in [0.5, 0.6) is 0 Å². The summed E-state index contributed by atoms with van der Waals surface area (Å²) in [5, 5.41) is 3.68. The van der Waals surface area contributed by atoms with Crippen LogP contribution in [-0.2, 0) is 4.57 Å². The van der Waals surface area contributed by atoms with Crippen LogP contribution in [0.25, 0.3) is 0 Å². The van der Waals surface area contributed by atoms with Crippen molar-refractivity contribution in [3.8, 4) is 0 Å². The lowest BCUT2D eigenvalue weighted by Crippen LogP contribution is -2.32. The van der Waals surface area contributed by atoms with E-state index in [1.807, 2.05) is 19.9 Å². The summed E-state index contributed by atoms with van der Waals surface area (Å²) in [4.78, 5) is 10.2. The summed E-state index contributed by atoms with van der Waals surface area (Å²) >= 11 is 0. The number of rotatable bonds is 6. The van der Waals surface area contributed by atoms with E-state index in [1.54, 1.807) is 24.3 Å². The number of benzene rings is 1. The van der Waals surface area contributed by atoms with Gasteiger partial charge in [-0.15, -0.1) is 0 Å². The van der Waals surface area contributed by atoms with Gasteiger partial charge >= 0.3 is 0 Å². The third-order valence-electron chi connectivity index (χ3n) is 2.57. The Bertz CT molecular complexity index is 353. The normalized spacial score (nSPS) is 16.7. The highest BCUT2D eigenvalue weighted by Gasteiger charge is 2.30. The molecule has 0 saturated heterocycles. The average molecular weight is 241 g/mol. The minimum absolute atomic E-state index is 0.338. The fourth-order valence-corrected chi connectivity index (χ4v) is 3.48. The minimum Gasteiger partial charge on any atom is -0.340 e. The Morgan fingerprint density at radius 2 is 1.94 bits per heavy atom. The summed E-state index contributed by atoms with van der Waals surface area (Å²) in [5.74, 6) is -0.338. The fourth-order valence-electron chi connectivity index (χ4n) is 1.65. The predicted octanol–water partition coefficient (Wildman–Crippen LogP) is 2.32. The molecule has 2 N–H and O–H groups in total. The molecule has 0 aliphatic carbocycles. The maximum atomic E-state index is 12.3. The summed E-state index contributed by atoms with van der Waals surface area (Å²) in [7, 11) is -3.30. The van der Waals surface area contributed by atoms with Gasteiger partial charge < -0.3 is 10.2 Å². The van der Waals surface area contributed by atoms with Crippen LogP contribution in [0, 0.1) is 0 Å². The lowest BCUT2D eigenvalue weighted by molar-refractivity contribution is 0.452. The molecule has 90 valence electrons. The molecule has 2 unspecified atom stereocenters. The zero-order valence-electron chi connectivity index (χ0n) is 9.89. The third kappa shape index (κ3) is 3.18. The summed E-state index contributed by atoms with van der Waals surface area (Å²) < 4.78 is 12.3. The molecule has 0 aromatic heterocycles. The molecule has 16 heavy (non-hydrogen) atoms. The molecular formula is C12H20NO2P. The van der Waals surface area contributed by atoms with Crippen LogP contribution in [0.2, 0.25) is 0 Å². The lowest BCUT2D eigenvalue weighted by atomic mass is 10.4. The second kappa shape index (κ2) is 6.19. The van der Waals surface area contributed by atoms with Crippen molar-refractivity contribution in [2.24, 2.45) is 0 Å². The molecule has 0 saturated carbocycles. The standard InChI is InChI=1S/C12H20NO2P/c1-3-10-13-12(4-2)16(14,15)11-8-6-5-7-9-11/h5-9,12-13H,3-4,10H2,1-2H3,(H,14,15). The number of nitrogens with one attached hydrogen (secondary N) is 1. The van der Waals surface area contributed by atoms with Gasteiger partial charge in [0.05, 0.1) is 5.78 Å². The molecule has 0 heterocycles. The van der Waals surface area contributed by atoms with E-state index in [0.29, 0.717) is 11.7 Å². The molecule has 1 aromatic rings. The van der Waals surface area contributed by atoms with Gasteiger partial charge in [0, 0.05) is 5.30 Å². The van der Waals surface area contributed by atoms with Crippen molar-refractivity contribution < 1.29 is 9.46 Å². The Labute approximate surface area is 97.3 Å². The maximum absolute atomic E-state index is 12.3. The van der Waals surface area contributed by atoms with Gasteiger partial charge in [-0.3, -0.25) is 4.57 Å². The summed E-state index contributed by atoms with van der Waals surface area (Å²) in [6, 6.07) is 8.88. The van der Waals surface area contributed by atoms with Gasteiger partial charge in [-0.2, -0.15) is 0 Å². The van der Waals surface area contributed by atoms with E-state index in [9.17, 15) is 9.46 Å². The van der Waals surface area contributed by atoms with E-state index in [0.717, 1.165) is 13.0 Å². The van der Waals surface area contributed by atoms with Crippen molar-refractivity contribution >= 4 is 12.7 Å². The van der Waals surface area contributed by atoms with Gasteiger partial charge in [0.25, 0.3) is 0 Å². The monoisotopic (exact) mass is 241 g/mol. The molecule has 0 bridgehead atoms. The topological polar surface area (TPSA) is 49.3 Å². The van der Waals surface area contributed by atoms with Crippen LogP contribution in [0.1, 0.15) is 26.7 Å². The Kier molecular flexibility index (Phi) is 5.20. The van der Waals surface area contributed by atoms with Crippen LogP contribution in [0.4, 0.5) is 0 Å². The van der Waals surface area contributed by atoms with Gasteiger partial charge in [0.1, 0.15) is 0 Å². The second-order valence-electron chi connectivity index (χ2n) is 3.84.